The van der Waals surface area contributed by atoms with E-state index in [9.17, 15) is 4.79 Å². The van der Waals surface area contributed by atoms with Crippen LogP contribution in [0.25, 0.3) is 0 Å². The molecule has 106 valence electrons. The molecule has 0 saturated carbocycles. The van der Waals surface area contributed by atoms with Gasteiger partial charge in [-0.1, -0.05) is 0 Å². The number of likely N-dealkylation sites (tertiary alicyclic amines) is 1. The van der Waals surface area contributed by atoms with Gasteiger partial charge >= 0.3 is 6.09 Å². The van der Waals surface area contributed by atoms with Crippen LogP contribution < -0.4 is 5.73 Å². The minimum absolute atomic E-state index is 0.140. The van der Waals surface area contributed by atoms with Crippen molar-refractivity contribution in [2.75, 3.05) is 12.3 Å². The van der Waals surface area contributed by atoms with Gasteiger partial charge in [-0.05, 0) is 33.6 Å². The first-order chi connectivity index (χ1) is 8.78. The number of nitrogens with two attached hydrogens (primary N) is 1. The van der Waals surface area contributed by atoms with E-state index in [-0.39, 0.29) is 12.1 Å². The quantitative estimate of drug-likeness (QED) is 0.832. The highest BCUT2D eigenvalue weighted by Crippen LogP contribution is 2.31. The summed E-state index contributed by atoms with van der Waals surface area (Å²) in [5.74, 6) is 0.939. The van der Waals surface area contributed by atoms with Crippen molar-refractivity contribution in [3.63, 3.8) is 0 Å². The summed E-state index contributed by atoms with van der Waals surface area (Å²) in [5.41, 5.74) is 5.19. The van der Waals surface area contributed by atoms with E-state index in [0.29, 0.717) is 18.3 Å². The van der Waals surface area contributed by atoms with Crippen LogP contribution in [0.3, 0.4) is 0 Å². The van der Waals surface area contributed by atoms with E-state index in [1.807, 2.05) is 20.8 Å². The van der Waals surface area contributed by atoms with Crippen molar-refractivity contribution in [3.8, 4) is 0 Å². The zero-order valence-electron chi connectivity index (χ0n) is 11.9. The summed E-state index contributed by atoms with van der Waals surface area (Å²) in [7, 11) is 1.73. The fourth-order valence-electron chi connectivity index (χ4n) is 2.13. The minimum atomic E-state index is -0.499. The third-order valence-corrected chi connectivity index (χ3v) is 2.99. The first kappa shape index (κ1) is 13.6. The molecule has 1 aliphatic heterocycles. The van der Waals surface area contributed by atoms with Gasteiger partial charge in [0.2, 0.25) is 5.95 Å². The average molecular weight is 267 g/mol. The second-order valence-electron chi connectivity index (χ2n) is 5.78. The van der Waals surface area contributed by atoms with E-state index >= 15 is 0 Å². The number of aryl methyl sites for hydroxylation is 1. The maximum Gasteiger partial charge on any atom is 0.410 e. The second-order valence-corrected chi connectivity index (χ2v) is 5.78. The van der Waals surface area contributed by atoms with Crippen molar-refractivity contribution in [2.45, 2.75) is 45.3 Å². The standard InChI is InChI=1S/C12H21N5O2/c1-12(2,3)19-11(18)17-7-5-6-8(17)9-14-10(13)16(4)15-9/h8H,5-7H2,1-4H3,(H2,13,14,15)/t8-/m1/s1. The van der Waals surface area contributed by atoms with Crippen LogP contribution in [0, 0.1) is 0 Å². The maximum absolute atomic E-state index is 12.1. The van der Waals surface area contributed by atoms with Gasteiger partial charge in [0.1, 0.15) is 5.60 Å². The van der Waals surface area contributed by atoms with Crippen molar-refractivity contribution >= 4 is 12.0 Å². The third kappa shape index (κ3) is 2.97. The van der Waals surface area contributed by atoms with Crippen LogP contribution in [0.2, 0.25) is 0 Å². The van der Waals surface area contributed by atoms with Crippen molar-refractivity contribution in [1.29, 1.82) is 0 Å². The van der Waals surface area contributed by atoms with E-state index in [1.54, 1.807) is 11.9 Å². The molecule has 1 amide bonds. The Kier molecular flexibility index (Phi) is 3.38. The SMILES string of the molecule is Cn1nc([C@H]2CCCN2C(=O)OC(C)(C)C)nc1N. The second kappa shape index (κ2) is 4.71. The maximum atomic E-state index is 12.1. The van der Waals surface area contributed by atoms with E-state index in [1.165, 1.54) is 4.68 Å². The molecule has 19 heavy (non-hydrogen) atoms. The Balaban J connectivity index is 2.15. The van der Waals surface area contributed by atoms with Crippen LogP contribution in [0.15, 0.2) is 0 Å². The monoisotopic (exact) mass is 267 g/mol. The lowest BCUT2D eigenvalue weighted by atomic mass is 10.2. The highest BCUT2D eigenvalue weighted by Gasteiger charge is 2.35. The molecule has 2 N–H and O–H groups in total. The lowest BCUT2D eigenvalue weighted by molar-refractivity contribution is 0.0218. The highest BCUT2D eigenvalue weighted by atomic mass is 16.6. The molecule has 1 atom stereocenters. The third-order valence-electron chi connectivity index (χ3n) is 2.99. The molecule has 2 rings (SSSR count). The number of amides is 1. The number of rotatable bonds is 1. The molecule has 1 aromatic rings. The Morgan fingerprint density at radius 1 is 1.47 bits per heavy atom. The summed E-state index contributed by atoms with van der Waals surface area (Å²) in [5, 5.41) is 4.25. The van der Waals surface area contributed by atoms with Crippen molar-refractivity contribution in [3.05, 3.63) is 5.82 Å². The number of ether oxygens (including phenoxy) is 1. The molecule has 0 spiro atoms. The molecule has 7 heteroatoms. The molecule has 0 bridgehead atoms. The van der Waals surface area contributed by atoms with Gasteiger partial charge in [-0.15, -0.1) is 0 Å². The zero-order valence-corrected chi connectivity index (χ0v) is 11.9. The fourth-order valence-corrected chi connectivity index (χ4v) is 2.13. The number of hydrogen-bond acceptors (Lipinski definition) is 5. The van der Waals surface area contributed by atoms with E-state index in [2.05, 4.69) is 10.1 Å². The first-order valence-corrected chi connectivity index (χ1v) is 6.44. The Bertz CT molecular complexity index is 457. The van der Waals surface area contributed by atoms with Gasteiger partial charge in [0.05, 0.1) is 6.04 Å². The summed E-state index contributed by atoms with van der Waals surface area (Å²) in [6, 6.07) is -0.140. The smallest absolute Gasteiger partial charge is 0.410 e. The Morgan fingerprint density at radius 3 is 2.68 bits per heavy atom. The summed E-state index contributed by atoms with van der Waals surface area (Å²) in [4.78, 5) is 18.0. The fraction of sp³-hybridized carbons (Fsp3) is 0.750. The van der Waals surface area contributed by atoms with Gasteiger partial charge in [0.25, 0.3) is 0 Å². The predicted molar refractivity (Wildman–Crippen MR) is 70.3 cm³/mol. The number of aromatic nitrogens is 3. The van der Waals surface area contributed by atoms with Crippen molar-refractivity contribution in [1.82, 2.24) is 19.7 Å². The minimum Gasteiger partial charge on any atom is -0.444 e. The molecular weight excluding hydrogens is 246 g/mol. The molecule has 0 unspecified atom stereocenters. The van der Waals surface area contributed by atoms with Crippen LogP contribution >= 0.6 is 0 Å². The molecular formula is C12H21N5O2. The number of carbonyl (C=O) groups excluding carboxylic acids is 1. The molecule has 7 nitrogen and oxygen atoms in total. The van der Waals surface area contributed by atoms with Gasteiger partial charge in [0.15, 0.2) is 5.82 Å². The number of carbonyl (C=O) groups is 1. The van der Waals surface area contributed by atoms with Gasteiger partial charge in [-0.2, -0.15) is 10.1 Å². The zero-order chi connectivity index (χ0) is 14.2. The summed E-state index contributed by atoms with van der Waals surface area (Å²) < 4.78 is 6.92. The normalized spacial score (nSPS) is 19.8. The molecule has 0 radical (unpaired) electrons. The van der Waals surface area contributed by atoms with Gasteiger partial charge in [0, 0.05) is 13.6 Å². The number of anilines is 1. The Labute approximate surface area is 112 Å². The Hall–Kier alpha value is -1.79. The molecule has 1 aliphatic rings. The van der Waals surface area contributed by atoms with Crippen LogP contribution in [0.1, 0.15) is 45.5 Å². The predicted octanol–water partition coefficient (Wildman–Crippen LogP) is 1.47. The molecule has 1 aromatic heterocycles. The topological polar surface area (TPSA) is 86.3 Å². The number of nitrogens with zero attached hydrogens (tertiary/aromatic N) is 4. The van der Waals surface area contributed by atoms with Crippen molar-refractivity contribution in [2.24, 2.45) is 7.05 Å². The molecule has 1 saturated heterocycles. The van der Waals surface area contributed by atoms with Crippen LogP contribution in [-0.4, -0.2) is 37.9 Å². The highest BCUT2D eigenvalue weighted by molar-refractivity contribution is 5.69. The summed E-state index contributed by atoms with van der Waals surface area (Å²) in [6.45, 7) is 6.23. The van der Waals surface area contributed by atoms with E-state index < -0.39 is 5.60 Å². The van der Waals surface area contributed by atoms with Crippen LogP contribution in [0.5, 0.6) is 0 Å². The van der Waals surface area contributed by atoms with Crippen LogP contribution in [0.4, 0.5) is 10.7 Å². The molecule has 2 heterocycles. The summed E-state index contributed by atoms with van der Waals surface area (Å²) in [6.07, 6.45) is 1.44. The van der Waals surface area contributed by atoms with Gasteiger partial charge in [-0.3, -0.25) is 4.90 Å². The molecule has 0 aliphatic carbocycles. The number of hydrogen-bond donors (Lipinski definition) is 1. The Morgan fingerprint density at radius 2 is 2.16 bits per heavy atom. The van der Waals surface area contributed by atoms with E-state index in [0.717, 1.165) is 12.8 Å². The average Bonchev–Trinajstić information content (AvgIpc) is 2.83. The number of nitrogen functional groups attached to an aromatic ring is 1. The lowest BCUT2D eigenvalue weighted by Crippen LogP contribution is -2.36. The van der Waals surface area contributed by atoms with Gasteiger partial charge in [-0.25, -0.2) is 9.48 Å². The molecule has 0 aromatic carbocycles. The first-order valence-electron chi connectivity index (χ1n) is 6.44. The van der Waals surface area contributed by atoms with Gasteiger partial charge < -0.3 is 10.5 Å². The largest absolute Gasteiger partial charge is 0.444 e. The molecule has 1 fully saturated rings. The van der Waals surface area contributed by atoms with E-state index in [4.69, 9.17) is 10.5 Å². The lowest BCUT2D eigenvalue weighted by Gasteiger charge is -2.27. The summed E-state index contributed by atoms with van der Waals surface area (Å²) >= 11 is 0. The van der Waals surface area contributed by atoms with Crippen molar-refractivity contribution < 1.29 is 9.53 Å². The van der Waals surface area contributed by atoms with Crippen LogP contribution in [-0.2, 0) is 11.8 Å².